The molecule has 186 valence electrons. The van der Waals surface area contributed by atoms with Crippen molar-refractivity contribution in [1.82, 2.24) is 10.2 Å². The molecule has 0 saturated heterocycles. The number of nitrogens with one attached hydrogen (secondary N) is 1. The van der Waals surface area contributed by atoms with Crippen molar-refractivity contribution >= 4 is 27.5 Å². The van der Waals surface area contributed by atoms with Crippen LogP contribution in [-0.4, -0.2) is 57.6 Å². The van der Waals surface area contributed by atoms with Crippen molar-refractivity contribution in [1.29, 1.82) is 0 Å². The molecule has 0 saturated carbocycles. The molecule has 9 heteroatoms. The van der Waals surface area contributed by atoms with Crippen molar-refractivity contribution in [2.75, 3.05) is 30.8 Å². The van der Waals surface area contributed by atoms with Crippen LogP contribution in [0.4, 0.5) is 5.69 Å². The molecule has 1 atom stereocenters. The van der Waals surface area contributed by atoms with Crippen molar-refractivity contribution in [3.05, 3.63) is 59.2 Å². The molecular weight excluding hydrogens is 454 g/mol. The lowest BCUT2D eigenvalue weighted by molar-refractivity contribution is -0.139. The minimum atomic E-state index is -3.75. The standard InChI is InChI=1S/C25H35N3O5S/c1-7-13-26-25(30)20(4)27(16-21-9-8-10-23(15-21)33-5)24(29)17-28(34(6,31)32)22-12-11-18(2)19(3)14-22/h8-12,14-15,20H,7,13,16-17H2,1-6H3,(H,26,30)/t20-/m1/s1. The number of methoxy groups -OCH3 is 1. The van der Waals surface area contributed by atoms with E-state index < -0.39 is 28.5 Å². The number of benzene rings is 2. The zero-order chi connectivity index (χ0) is 25.5. The summed E-state index contributed by atoms with van der Waals surface area (Å²) in [5.74, 6) is -0.151. The van der Waals surface area contributed by atoms with Crippen LogP contribution in [0.25, 0.3) is 0 Å². The van der Waals surface area contributed by atoms with Crippen LogP contribution in [0.3, 0.4) is 0 Å². The Balaban J connectivity index is 2.40. The maximum Gasteiger partial charge on any atom is 0.244 e. The summed E-state index contributed by atoms with van der Waals surface area (Å²) in [6.45, 7) is 7.60. The molecule has 0 aromatic heterocycles. The molecule has 2 aromatic carbocycles. The van der Waals surface area contributed by atoms with Crippen LogP contribution in [-0.2, 0) is 26.2 Å². The van der Waals surface area contributed by atoms with Gasteiger partial charge >= 0.3 is 0 Å². The van der Waals surface area contributed by atoms with Gasteiger partial charge in [0, 0.05) is 13.1 Å². The molecule has 0 aliphatic heterocycles. The highest BCUT2D eigenvalue weighted by atomic mass is 32.2. The fourth-order valence-electron chi connectivity index (χ4n) is 3.44. The Labute approximate surface area is 202 Å². The lowest BCUT2D eigenvalue weighted by atomic mass is 10.1. The molecule has 0 radical (unpaired) electrons. The number of ether oxygens (including phenoxy) is 1. The van der Waals surface area contributed by atoms with Gasteiger partial charge in [0.05, 0.1) is 19.1 Å². The molecule has 0 spiro atoms. The molecule has 0 aliphatic carbocycles. The Morgan fingerprint density at radius 3 is 2.38 bits per heavy atom. The zero-order valence-corrected chi connectivity index (χ0v) is 21.6. The van der Waals surface area contributed by atoms with Gasteiger partial charge in [-0.1, -0.05) is 25.1 Å². The third-order valence-electron chi connectivity index (χ3n) is 5.66. The monoisotopic (exact) mass is 489 g/mol. The van der Waals surface area contributed by atoms with E-state index in [1.54, 1.807) is 44.4 Å². The van der Waals surface area contributed by atoms with Gasteiger partial charge in [0.1, 0.15) is 18.3 Å². The third-order valence-corrected chi connectivity index (χ3v) is 6.80. The first-order valence-electron chi connectivity index (χ1n) is 11.2. The summed E-state index contributed by atoms with van der Waals surface area (Å²) in [6.07, 6.45) is 1.83. The molecule has 2 aromatic rings. The van der Waals surface area contributed by atoms with Gasteiger partial charge in [0.25, 0.3) is 0 Å². The summed E-state index contributed by atoms with van der Waals surface area (Å²) in [6, 6.07) is 11.7. The lowest BCUT2D eigenvalue weighted by Crippen LogP contribution is -2.51. The van der Waals surface area contributed by atoms with E-state index in [-0.39, 0.29) is 12.5 Å². The second-order valence-corrected chi connectivity index (χ2v) is 10.3. The fraction of sp³-hybridized carbons (Fsp3) is 0.440. The summed E-state index contributed by atoms with van der Waals surface area (Å²) in [5.41, 5.74) is 3.10. The summed E-state index contributed by atoms with van der Waals surface area (Å²) in [4.78, 5) is 27.6. The fourth-order valence-corrected chi connectivity index (χ4v) is 4.28. The molecule has 0 heterocycles. The number of sulfonamides is 1. The van der Waals surface area contributed by atoms with E-state index in [1.807, 2.05) is 32.9 Å². The normalized spacial score (nSPS) is 12.1. The number of nitrogens with zero attached hydrogens (tertiary/aromatic N) is 2. The minimum absolute atomic E-state index is 0.126. The van der Waals surface area contributed by atoms with E-state index in [1.165, 1.54) is 4.90 Å². The Bertz CT molecular complexity index is 1120. The van der Waals surface area contributed by atoms with Gasteiger partial charge in [0.15, 0.2) is 0 Å². The van der Waals surface area contributed by atoms with Gasteiger partial charge in [-0.15, -0.1) is 0 Å². The Kier molecular flexibility index (Phi) is 9.49. The highest BCUT2D eigenvalue weighted by Crippen LogP contribution is 2.22. The molecule has 2 amide bonds. The number of amides is 2. The highest BCUT2D eigenvalue weighted by Gasteiger charge is 2.30. The number of carbonyl (C=O) groups is 2. The SMILES string of the molecule is CCCNC(=O)[C@@H](C)N(Cc1cccc(OC)c1)C(=O)CN(c1ccc(C)c(C)c1)S(C)(=O)=O. The first kappa shape index (κ1) is 27.2. The number of anilines is 1. The van der Waals surface area contributed by atoms with Crippen LogP contribution < -0.4 is 14.4 Å². The molecule has 0 unspecified atom stereocenters. The second-order valence-electron chi connectivity index (χ2n) is 8.38. The Morgan fingerprint density at radius 2 is 1.79 bits per heavy atom. The third kappa shape index (κ3) is 7.21. The topological polar surface area (TPSA) is 96.0 Å². The maximum atomic E-state index is 13.5. The van der Waals surface area contributed by atoms with Gasteiger partial charge in [-0.25, -0.2) is 8.42 Å². The van der Waals surface area contributed by atoms with Crippen LogP contribution >= 0.6 is 0 Å². The summed E-state index contributed by atoms with van der Waals surface area (Å²) < 4.78 is 31.6. The first-order chi connectivity index (χ1) is 16.0. The lowest BCUT2D eigenvalue weighted by Gasteiger charge is -2.31. The summed E-state index contributed by atoms with van der Waals surface area (Å²) >= 11 is 0. The molecule has 0 fully saturated rings. The number of aryl methyl sites for hydroxylation is 2. The van der Waals surface area contributed by atoms with Crippen molar-refractivity contribution < 1.29 is 22.7 Å². The van der Waals surface area contributed by atoms with Crippen molar-refractivity contribution in [3.8, 4) is 5.75 Å². The smallest absolute Gasteiger partial charge is 0.244 e. The summed E-state index contributed by atoms with van der Waals surface area (Å²) in [7, 11) is -2.20. The molecule has 0 aliphatic rings. The molecule has 1 N–H and O–H groups in total. The minimum Gasteiger partial charge on any atom is -0.497 e. The Hall–Kier alpha value is -3.07. The zero-order valence-electron chi connectivity index (χ0n) is 20.8. The van der Waals surface area contributed by atoms with E-state index >= 15 is 0 Å². The average molecular weight is 490 g/mol. The molecule has 8 nitrogen and oxygen atoms in total. The number of hydrogen-bond acceptors (Lipinski definition) is 5. The van der Waals surface area contributed by atoms with Crippen LogP contribution in [0.2, 0.25) is 0 Å². The number of rotatable bonds is 11. The highest BCUT2D eigenvalue weighted by molar-refractivity contribution is 7.92. The first-order valence-corrected chi connectivity index (χ1v) is 13.1. The second kappa shape index (κ2) is 11.9. The number of hydrogen-bond donors (Lipinski definition) is 1. The number of carbonyl (C=O) groups excluding carboxylic acids is 2. The maximum absolute atomic E-state index is 13.5. The van der Waals surface area contributed by atoms with E-state index in [0.717, 1.165) is 33.7 Å². The summed E-state index contributed by atoms with van der Waals surface area (Å²) in [5, 5.41) is 2.82. The van der Waals surface area contributed by atoms with E-state index in [0.29, 0.717) is 18.0 Å². The van der Waals surface area contributed by atoms with Gasteiger partial charge in [-0.3, -0.25) is 13.9 Å². The van der Waals surface area contributed by atoms with Crippen LogP contribution in [0.15, 0.2) is 42.5 Å². The molecule has 2 rings (SSSR count). The predicted octanol–water partition coefficient (Wildman–Crippen LogP) is 3.02. The molecular formula is C25H35N3O5S. The van der Waals surface area contributed by atoms with Gasteiger partial charge < -0.3 is 15.0 Å². The van der Waals surface area contributed by atoms with E-state index in [2.05, 4.69) is 5.32 Å². The van der Waals surface area contributed by atoms with Crippen molar-refractivity contribution in [2.45, 2.75) is 46.7 Å². The average Bonchev–Trinajstić information content (AvgIpc) is 2.80. The van der Waals surface area contributed by atoms with Crippen molar-refractivity contribution in [3.63, 3.8) is 0 Å². The van der Waals surface area contributed by atoms with E-state index in [9.17, 15) is 18.0 Å². The van der Waals surface area contributed by atoms with Crippen LogP contribution in [0.5, 0.6) is 5.75 Å². The molecule has 0 bridgehead atoms. The largest absolute Gasteiger partial charge is 0.497 e. The van der Waals surface area contributed by atoms with E-state index in [4.69, 9.17) is 4.74 Å². The predicted molar refractivity (Wildman–Crippen MR) is 134 cm³/mol. The Morgan fingerprint density at radius 1 is 1.09 bits per heavy atom. The van der Waals surface area contributed by atoms with Gasteiger partial charge in [-0.05, 0) is 68.1 Å². The quantitative estimate of drug-likeness (QED) is 0.523. The van der Waals surface area contributed by atoms with Crippen molar-refractivity contribution in [2.24, 2.45) is 0 Å². The van der Waals surface area contributed by atoms with Gasteiger partial charge in [0.2, 0.25) is 21.8 Å². The van der Waals surface area contributed by atoms with Gasteiger partial charge in [-0.2, -0.15) is 0 Å². The van der Waals surface area contributed by atoms with Crippen LogP contribution in [0.1, 0.15) is 37.0 Å². The van der Waals surface area contributed by atoms with Crippen LogP contribution in [0, 0.1) is 13.8 Å². The molecule has 34 heavy (non-hydrogen) atoms.